The molecule has 0 radical (unpaired) electrons. The first kappa shape index (κ1) is 20.6. The van der Waals surface area contributed by atoms with Gasteiger partial charge in [-0.25, -0.2) is 9.41 Å². The molecule has 0 fully saturated rings. The maximum atomic E-state index is 6.44. The van der Waals surface area contributed by atoms with Crippen LogP contribution in [0.15, 0.2) is 94.8 Å². The van der Waals surface area contributed by atoms with Crippen LogP contribution < -0.4 is 4.42 Å². The van der Waals surface area contributed by atoms with Gasteiger partial charge in [0.25, 0.3) is 0 Å². The van der Waals surface area contributed by atoms with Crippen molar-refractivity contribution in [3.05, 3.63) is 90.5 Å². The molecule has 0 saturated carbocycles. The van der Waals surface area contributed by atoms with Gasteiger partial charge in [-0.2, -0.15) is 0 Å². The van der Waals surface area contributed by atoms with Gasteiger partial charge in [0.15, 0.2) is 0 Å². The third-order valence-electron chi connectivity index (χ3n) is 4.00. The Labute approximate surface area is 180 Å². The lowest BCUT2D eigenvalue weighted by atomic mass is 10.2. The van der Waals surface area contributed by atoms with Crippen LogP contribution in [-0.2, 0) is 5.75 Å². The van der Waals surface area contributed by atoms with E-state index in [1.807, 2.05) is 90.0 Å². The third kappa shape index (κ3) is 5.71. The van der Waals surface area contributed by atoms with Crippen LogP contribution in [0.25, 0.3) is 0 Å². The molecule has 0 spiro atoms. The van der Waals surface area contributed by atoms with Crippen LogP contribution in [0, 0.1) is 0 Å². The molecule has 4 rings (SSSR count). The molecule has 2 bridgehead atoms. The maximum Gasteiger partial charge on any atom is 0.231 e. The van der Waals surface area contributed by atoms with E-state index in [0.29, 0.717) is 5.96 Å². The first-order valence-electron chi connectivity index (χ1n) is 8.81. The second-order valence-corrected chi connectivity index (χ2v) is 8.28. The quantitative estimate of drug-likeness (QED) is 0.197. The summed E-state index contributed by atoms with van der Waals surface area (Å²) in [6.07, 6.45) is 1.98. The fourth-order valence-corrected chi connectivity index (χ4v) is 4.02. The Morgan fingerprint density at radius 2 is 1.64 bits per heavy atom. The lowest BCUT2D eigenvalue weighted by Gasteiger charge is -2.24. The third-order valence-corrected chi connectivity index (χ3v) is 6.13. The SMILES string of the molecule is CSN(C)C(=Nc1ccccc1)N(Cl)c1ccccc1.c1cc2cc(c1)SC2. The molecule has 0 saturated heterocycles. The van der Waals surface area contributed by atoms with Gasteiger partial charge in [0, 0.05) is 35.7 Å². The highest BCUT2D eigenvalue weighted by molar-refractivity contribution is 7.98. The standard InChI is InChI=1S/C15H16ClN3S.C7H6S/c1-18(20-2)15(17-13-9-5-3-6-10-13)19(16)14-11-7-4-8-12-14;1-2-6-4-7(3-1)8-5-6/h3-12H,1-2H3;1-4H,5H2. The van der Waals surface area contributed by atoms with Crippen molar-refractivity contribution >= 4 is 52.8 Å². The van der Waals surface area contributed by atoms with Gasteiger partial charge in [0.1, 0.15) is 0 Å². The molecule has 28 heavy (non-hydrogen) atoms. The highest BCUT2D eigenvalue weighted by atomic mass is 35.5. The largest absolute Gasteiger partial charge is 0.288 e. The summed E-state index contributed by atoms with van der Waals surface area (Å²) in [5.74, 6) is 1.85. The van der Waals surface area contributed by atoms with Crippen molar-refractivity contribution < 1.29 is 0 Å². The Morgan fingerprint density at radius 3 is 2.25 bits per heavy atom. The minimum absolute atomic E-state index is 0.663. The van der Waals surface area contributed by atoms with E-state index in [9.17, 15) is 0 Å². The lowest BCUT2D eigenvalue weighted by Crippen LogP contribution is -2.32. The zero-order valence-corrected chi connectivity index (χ0v) is 18.2. The zero-order chi connectivity index (χ0) is 19.8. The number of rotatable bonds is 3. The molecule has 1 aliphatic heterocycles. The minimum Gasteiger partial charge on any atom is -0.288 e. The normalized spacial score (nSPS) is 12.2. The highest BCUT2D eigenvalue weighted by Crippen LogP contribution is 2.30. The van der Waals surface area contributed by atoms with E-state index in [1.165, 1.54) is 16.2 Å². The van der Waals surface area contributed by atoms with Crippen molar-refractivity contribution in [2.45, 2.75) is 10.6 Å². The van der Waals surface area contributed by atoms with Crippen LogP contribution in [0.3, 0.4) is 0 Å². The molecular weight excluding hydrogens is 406 g/mol. The number of aliphatic imine (C=N–C) groups is 1. The van der Waals surface area contributed by atoms with Crippen LogP contribution in [0.5, 0.6) is 0 Å². The number of hydrogen-bond donors (Lipinski definition) is 0. The minimum atomic E-state index is 0.663. The molecule has 3 nitrogen and oxygen atoms in total. The molecule has 0 unspecified atom stereocenters. The number of thioether (sulfide) groups is 1. The second-order valence-electron chi connectivity index (χ2n) is 5.98. The van der Waals surface area contributed by atoms with Crippen molar-refractivity contribution in [3.63, 3.8) is 0 Å². The summed E-state index contributed by atoms with van der Waals surface area (Å²) in [6, 6.07) is 28.2. The van der Waals surface area contributed by atoms with Crippen LogP contribution in [0.4, 0.5) is 11.4 Å². The lowest BCUT2D eigenvalue weighted by molar-refractivity contribution is 0.832. The number of nitrogens with zero attached hydrogens (tertiary/aromatic N) is 3. The van der Waals surface area contributed by atoms with Gasteiger partial charge in [0.05, 0.1) is 11.4 Å². The van der Waals surface area contributed by atoms with Crippen molar-refractivity contribution in [3.8, 4) is 0 Å². The van der Waals surface area contributed by atoms with Gasteiger partial charge in [0.2, 0.25) is 5.96 Å². The fourth-order valence-electron chi connectivity index (χ4n) is 2.50. The smallest absolute Gasteiger partial charge is 0.231 e. The summed E-state index contributed by atoms with van der Waals surface area (Å²) < 4.78 is 3.48. The average Bonchev–Trinajstić information content (AvgIpc) is 3.10. The molecule has 144 valence electrons. The van der Waals surface area contributed by atoms with Crippen molar-refractivity contribution in [1.82, 2.24) is 4.31 Å². The van der Waals surface area contributed by atoms with Gasteiger partial charge >= 0.3 is 0 Å². The van der Waals surface area contributed by atoms with E-state index >= 15 is 0 Å². The molecule has 0 amide bonds. The summed E-state index contributed by atoms with van der Waals surface area (Å²) in [6.45, 7) is 0. The van der Waals surface area contributed by atoms with E-state index in [-0.39, 0.29) is 0 Å². The topological polar surface area (TPSA) is 18.8 Å². The second kappa shape index (κ2) is 10.5. The van der Waals surface area contributed by atoms with Crippen LogP contribution >= 0.6 is 35.5 Å². The van der Waals surface area contributed by atoms with Gasteiger partial charge in [-0.05, 0) is 42.0 Å². The van der Waals surface area contributed by atoms with Crippen molar-refractivity contribution in [2.24, 2.45) is 4.99 Å². The first-order valence-corrected chi connectivity index (χ1v) is 11.3. The van der Waals surface area contributed by atoms with Crippen LogP contribution in [0.1, 0.15) is 5.56 Å². The number of benzene rings is 3. The molecule has 0 atom stereocenters. The predicted molar refractivity (Wildman–Crippen MR) is 126 cm³/mol. The number of fused-ring (bicyclic) bond motifs is 2. The summed E-state index contributed by atoms with van der Waals surface area (Å²) >= 11 is 9.91. The predicted octanol–water partition coefficient (Wildman–Crippen LogP) is 6.84. The van der Waals surface area contributed by atoms with E-state index in [0.717, 1.165) is 11.4 Å². The van der Waals surface area contributed by atoms with Crippen molar-refractivity contribution in [1.29, 1.82) is 0 Å². The Morgan fingerprint density at radius 1 is 0.964 bits per heavy atom. The molecule has 3 aromatic carbocycles. The van der Waals surface area contributed by atoms with Crippen LogP contribution in [0.2, 0.25) is 0 Å². The summed E-state index contributed by atoms with van der Waals surface area (Å²) in [7, 11) is 1.94. The number of para-hydroxylation sites is 2. The first-order chi connectivity index (χ1) is 13.7. The average molecular weight is 428 g/mol. The highest BCUT2D eigenvalue weighted by Gasteiger charge is 2.15. The number of halogens is 1. The Hall–Kier alpha value is -2.08. The van der Waals surface area contributed by atoms with E-state index < -0.39 is 0 Å². The number of anilines is 1. The summed E-state index contributed by atoms with van der Waals surface area (Å²) in [5, 5.41) is 0. The van der Waals surface area contributed by atoms with Crippen LogP contribution in [-0.4, -0.2) is 23.6 Å². The number of guanidine groups is 1. The molecule has 1 heterocycles. The summed E-state index contributed by atoms with van der Waals surface area (Å²) in [5.41, 5.74) is 3.21. The number of hydrogen-bond acceptors (Lipinski definition) is 3. The van der Waals surface area contributed by atoms with E-state index in [2.05, 4.69) is 29.3 Å². The Bertz CT molecular complexity index is 885. The monoisotopic (exact) mass is 427 g/mol. The molecule has 0 aromatic heterocycles. The van der Waals surface area contributed by atoms with Gasteiger partial charge in [-0.3, -0.25) is 4.31 Å². The Balaban J connectivity index is 0.000000231. The van der Waals surface area contributed by atoms with E-state index in [1.54, 1.807) is 16.4 Å². The zero-order valence-electron chi connectivity index (χ0n) is 15.8. The molecule has 0 aliphatic carbocycles. The maximum absolute atomic E-state index is 6.44. The molecule has 1 aliphatic rings. The van der Waals surface area contributed by atoms with Crippen molar-refractivity contribution in [2.75, 3.05) is 17.7 Å². The molecule has 6 heteroatoms. The molecule has 3 aromatic rings. The van der Waals surface area contributed by atoms with E-state index in [4.69, 9.17) is 11.8 Å². The molecular formula is C22H22ClN3S2. The van der Waals surface area contributed by atoms with Gasteiger partial charge in [-0.15, -0.1) is 11.8 Å². The molecule has 0 N–H and O–H groups in total. The fraction of sp³-hybridized carbons (Fsp3) is 0.136. The van der Waals surface area contributed by atoms with Gasteiger partial charge < -0.3 is 0 Å². The van der Waals surface area contributed by atoms with Gasteiger partial charge in [-0.1, -0.05) is 60.5 Å². The summed E-state index contributed by atoms with van der Waals surface area (Å²) in [4.78, 5) is 6.04. The Kier molecular flexibility index (Phi) is 7.71.